The van der Waals surface area contributed by atoms with Crippen LogP contribution in [0.1, 0.15) is 19.2 Å². The number of hydrogen-bond acceptors (Lipinski definition) is 3. The van der Waals surface area contributed by atoms with Crippen LogP contribution in [0, 0.1) is 18.6 Å². The Morgan fingerprint density at radius 2 is 1.95 bits per heavy atom. The van der Waals surface area contributed by atoms with Gasteiger partial charge < -0.3 is 5.32 Å². The zero-order valence-corrected chi connectivity index (χ0v) is 10.9. The van der Waals surface area contributed by atoms with Crippen LogP contribution in [0.2, 0.25) is 0 Å². The van der Waals surface area contributed by atoms with E-state index in [0.29, 0.717) is 17.3 Å². The van der Waals surface area contributed by atoms with Crippen molar-refractivity contribution in [2.75, 3.05) is 11.9 Å². The molecule has 0 amide bonds. The van der Waals surface area contributed by atoms with Gasteiger partial charge in [-0.15, -0.1) is 0 Å². The Balaban J connectivity index is 2.43. The quantitative estimate of drug-likeness (QED) is 0.916. The molecule has 100 valence electrons. The lowest BCUT2D eigenvalue weighted by atomic mass is 10.1. The number of halogens is 2. The van der Waals surface area contributed by atoms with Gasteiger partial charge in [-0.05, 0) is 31.5 Å². The van der Waals surface area contributed by atoms with Crippen molar-refractivity contribution in [3.05, 3.63) is 41.7 Å². The first-order chi connectivity index (χ1) is 9.10. The maximum atomic E-state index is 13.7. The molecule has 1 heterocycles. The Morgan fingerprint density at radius 1 is 1.16 bits per heavy atom. The lowest BCUT2D eigenvalue weighted by molar-refractivity contribution is 0.602. The van der Waals surface area contributed by atoms with Gasteiger partial charge in [-0.25, -0.2) is 18.7 Å². The summed E-state index contributed by atoms with van der Waals surface area (Å²) in [4.78, 5) is 8.37. The monoisotopic (exact) mass is 263 g/mol. The molecule has 0 spiro atoms. The zero-order chi connectivity index (χ0) is 13.8. The summed E-state index contributed by atoms with van der Waals surface area (Å²) in [6.07, 6.45) is 0.951. The molecule has 0 fully saturated rings. The normalized spacial score (nSPS) is 10.5. The highest BCUT2D eigenvalue weighted by molar-refractivity contribution is 5.63. The van der Waals surface area contributed by atoms with E-state index >= 15 is 0 Å². The van der Waals surface area contributed by atoms with Crippen molar-refractivity contribution in [3.8, 4) is 11.3 Å². The maximum absolute atomic E-state index is 13.7. The fraction of sp³-hybridized carbons (Fsp3) is 0.286. The summed E-state index contributed by atoms with van der Waals surface area (Å²) in [5.74, 6) is 0.143. The van der Waals surface area contributed by atoms with Crippen LogP contribution < -0.4 is 5.32 Å². The van der Waals surface area contributed by atoms with Gasteiger partial charge in [0.2, 0.25) is 0 Å². The second-order valence-corrected chi connectivity index (χ2v) is 4.24. The number of rotatable bonds is 4. The molecule has 1 aromatic carbocycles. The largest absolute Gasteiger partial charge is 0.370 e. The van der Waals surface area contributed by atoms with Gasteiger partial charge in [0, 0.05) is 18.2 Å². The molecule has 0 saturated carbocycles. The van der Waals surface area contributed by atoms with E-state index in [2.05, 4.69) is 15.3 Å². The molecule has 2 aromatic rings. The maximum Gasteiger partial charge on any atom is 0.132 e. The third-order valence-corrected chi connectivity index (χ3v) is 2.60. The molecule has 1 N–H and O–H groups in total. The van der Waals surface area contributed by atoms with E-state index in [-0.39, 0.29) is 5.56 Å². The summed E-state index contributed by atoms with van der Waals surface area (Å²) >= 11 is 0. The van der Waals surface area contributed by atoms with Crippen LogP contribution in [0.4, 0.5) is 14.6 Å². The number of nitrogens with one attached hydrogen (secondary N) is 1. The minimum Gasteiger partial charge on any atom is -0.370 e. The van der Waals surface area contributed by atoms with Gasteiger partial charge in [0.05, 0.1) is 5.69 Å². The third kappa shape index (κ3) is 3.24. The summed E-state index contributed by atoms with van der Waals surface area (Å²) < 4.78 is 26.9. The Labute approximate surface area is 110 Å². The Bertz CT molecular complexity index is 585. The van der Waals surface area contributed by atoms with Gasteiger partial charge in [-0.2, -0.15) is 0 Å². The van der Waals surface area contributed by atoms with Gasteiger partial charge >= 0.3 is 0 Å². The van der Waals surface area contributed by atoms with Crippen LogP contribution in [0.15, 0.2) is 24.3 Å². The summed E-state index contributed by atoms with van der Waals surface area (Å²) in [7, 11) is 0. The predicted octanol–water partition coefficient (Wildman–Crippen LogP) is 3.55. The molecule has 5 heteroatoms. The molecule has 1 aromatic heterocycles. The number of nitrogens with zero attached hydrogens (tertiary/aromatic N) is 2. The minimum absolute atomic E-state index is 0.144. The Hall–Kier alpha value is -2.04. The van der Waals surface area contributed by atoms with E-state index in [4.69, 9.17) is 0 Å². The first-order valence-corrected chi connectivity index (χ1v) is 6.15. The number of aromatic nitrogens is 2. The summed E-state index contributed by atoms with van der Waals surface area (Å²) in [5, 5.41) is 3.11. The fourth-order valence-corrected chi connectivity index (χ4v) is 1.74. The molecule has 0 radical (unpaired) electrons. The van der Waals surface area contributed by atoms with E-state index in [1.807, 2.05) is 6.92 Å². The first kappa shape index (κ1) is 13.4. The van der Waals surface area contributed by atoms with Gasteiger partial charge in [-0.1, -0.05) is 6.92 Å². The smallest absolute Gasteiger partial charge is 0.132 e. The van der Waals surface area contributed by atoms with Crippen molar-refractivity contribution in [2.45, 2.75) is 20.3 Å². The Kier molecular flexibility index (Phi) is 4.04. The van der Waals surface area contributed by atoms with Crippen molar-refractivity contribution in [2.24, 2.45) is 0 Å². The highest BCUT2D eigenvalue weighted by Crippen LogP contribution is 2.23. The van der Waals surface area contributed by atoms with E-state index in [1.54, 1.807) is 13.0 Å². The summed E-state index contributed by atoms with van der Waals surface area (Å²) in [5.41, 5.74) is 0.521. The second kappa shape index (κ2) is 5.73. The molecule has 0 aliphatic rings. The number of hydrogen-bond donors (Lipinski definition) is 1. The second-order valence-electron chi connectivity index (χ2n) is 4.24. The lowest BCUT2D eigenvalue weighted by Crippen LogP contribution is -2.04. The van der Waals surface area contributed by atoms with E-state index in [1.165, 1.54) is 0 Å². The van der Waals surface area contributed by atoms with Gasteiger partial charge in [0.25, 0.3) is 0 Å². The Morgan fingerprint density at radius 3 is 2.68 bits per heavy atom. The fourth-order valence-electron chi connectivity index (χ4n) is 1.74. The molecule has 0 bridgehead atoms. The standard InChI is InChI=1S/C14H15F2N3/c1-3-6-17-14-8-13(18-9(2)19-14)11-7-10(15)4-5-12(11)16/h4-5,7-8H,3,6H2,1-2H3,(H,17,18,19). The molecular formula is C14H15F2N3. The molecule has 19 heavy (non-hydrogen) atoms. The van der Waals surface area contributed by atoms with E-state index in [9.17, 15) is 8.78 Å². The highest BCUT2D eigenvalue weighted by atomic mass is 19.1. The average Bonchev–Trinajstić information content (AvgIpc) is 2.38. The minimum atomic E-state index is -0.499. The lowest BCUT2D eigenvalue weighted by Gasteiger charge is -2.08. The van der Waals surface area contributed by atoms with E-state index < -0.39 is 11.6 Å². The molecule has 0 aliphatic heterocycles. The molecule has 0 atom stereocenters. The van der Waals surface area contributed by atoms with Gasteiger partial charge in [0.15, 0.2) is 0 Å². The van der Waals surface area contributed by atoms with Crippen LogP contribution >= 0.6 is 0 Å². The molecule has 0 saturated heterocycles. The number of benzene rings is 1. The topological polar surface area (TPSA) is 37.8 Å². The van der Waals surface area contributed by atoms with Crippen LogP contribution in [-0.4, -0.2) is 16.5 Å². The molecule has 3 nitrogen and oxygen atoms in total. The van der Waals surface area contributed by atoms with Crippen molar-refractivity contribution >= 4 is 5.82 Å². The third-order valence-electron chi connectivity index (χ3n) is 2.60. The number of anilines is 1. The zero-order valence-electron chi connectivity index (χ0n) is 10.9. The molecule has 0 aliphatic carbocycles. The highest BCUT2D eigenvalue weighted by Gasteiger charge is 2.10. The van der Waals surface area contributed by atoms with Crippen LogP contribution in [-0.2, 0) is 0 Å². The predicted molar refractivity (Wildman–Crippen MR) is 70.9 cm³/mol. The SMILES string of the molecule is CCCNc1cc(-c2cc(F)ccc2F)nc(C)n1. The van der Waals surface area contributed by atoms with Crippen molar-refractivity contribution in [3.63, 3.8) is 0 Å². The van der Waals surface area contributed by atoms with E-state index in [0.717, 1.165) is 31.2 Å². The average molecular weight is 263 g/mol. The van der Waals surface area contributed by atoms with Crippen molar-refractivity contribution in [1.29, 1.82) is 0 Å². The van der Waals surface area contributed by atoms with Crippen molar-refractivity contribution < 1.29 is 8.78 Å². The number of aryl methyl sites for hydroxylation is 1. The van der Waals surface area contributed by atoms with Gasteiger partial charge in [0.1, 0.15) is 23.3 Å². The van der Waals surface area contributed by atoms with Crippen LogP contribution in [0.3, 0.4) is 0 Å². The summed E-state index contributed by atoms with van der Waals surface area (Å²) in [6, 6.07) is 4.95. The molecular weight excluding hydrogens is 248 g/mol. The van der Waals surface area contributed by atoms with Crippen LogP contribution in [0.5, 0.6) is 0 Å². The van der Waals surface area contributed by atoms with Crippen molar-refractivity contribution in [1.82, 2.24) is 9.97 Å². The van der Waals surface area contributed by atoms with Gasteiger partial charge in [-0.3, -0.25) is 0 Å². The first-order valence-electron chi connectivity index (χ1n) is 6.15. The summed E-state index contributed by atoms with van der Waals surface area (Å²) in [6.45, 7) is 4.52. The molecule has 2 rings (SSSR count). The van der Waals surface area contributed by atoms with Crippen LogP contribution in [0.25, 0.3) is 11.3 Å². The molecule has 0 unspecified atom stereocenters.